The fourth-order valence-electron chi connectivity index (χ4n) is 6.60. The maximum Gasteiger partial charge on any atom is 0.256 e. The van der Waals surface area contributed by atoms with E-state index in [9.17, 15) is 79.8 Å². The van der Waals surface area contributed by atoms with Crippen LogP contribution in [0.4, 0.5) is 0 Å². The van der Waals surface area contributed by atoms with Crippen molar-refractivity contribution in [3.05, 3.63) is 43.7 Å². The predicted octanol–water partition coefficient (Wildman–Crippen LogP) is -1.02. The van der Waals surface area contributed by atoms with Crippen LogP contribution in [0.1, 0.15) is 55.3 Å². The van der Waals surface area contributed by atoms with Gasteiger partial charge < -0.3 is 80.3 Å². The zero-order valence-electron chi connectivity index (χ0n) is 38.3. The lowest BCUT2D eigenvalue weighted by Gasteiger charge is -2.38. The number of rotatable bonds is 30. The molecule has 0 saturated carbocycles. The van der Waals surface area contributed by atoms with E-state index in [1.54, 1.807) is 136 Å². The largest absolute Gasteiger partial charge is 0.396 e. The highest BCUT2D eigenvalue weighted by Crippen LogP contribution is 2.41. The highest BCUT2D eigenvalue weighted by atomic mass is 127. The van der Waals surface area contributed by atoms with Gasteiger partial charge in [0.25, 0.3) is 35.4 Å². The Balaban J connectivity index is 2.96. The van der Waals surface area contributed by atoms with Crippen molar-refractivity contribution in [1.29, 1.82) is 0 Å². The standard InChI is InChI=1S/C41H56I6N6O18/c1-23(64)52(70-35-31(44)25(37(66)48(3-11-54)4-12-55)29(42)26(32(35)45)38(67)49(5-13-56)6-14-57)19-41(21-62,22-63)20-53(24(2)65)71-36-33(46)27(39(68)50(7-15-58)8-16-59)30(43)28(34(36)47)40(69)51(9-17-60)10-18-61/h54-63H,3-22H2,1-2H3. The smallest absolute Gasteiger partial charge is 0.256 e. The minimum atomic E-state index is -1.94. The molecule has 71 heavy (non-hydrogen) atoms. The number of hydroxylamine groups is 4. The molecule has 2 rings (SSSR count). The summed E-state index contributed by atoms with van der Waals surface area (Å²) < 4.78 is 0.338. The van der Waals surface area contributed by atoms with Gasteiger partial charge in [-0.25, -0.2) is 0 Å². The number of carbonyl (C=O) groups is 6. The molecule has 0 aliphatic rings. The second kappa shape index (κ2) is 32.4. The lowest BCUT2D eigenvalue weighted by Crippen LogP contribution is -2.53. The average molecular weight is 1680 g/mol. The molecule has 0 bridgehead atoms. The molecular weight excluding hydrogens is 1630 g/mol. The van der Waals surface area contributed by atoms with Crippen molar-refractivity contribution in [3.63, 3.8) is 0 Å². The third-order valence-electron chi connectivity index (χ3n) is 10.3. The molecule has 0 saturated heterocycles. The van der Waals surface area contributed by atoms with E-state index in [1.165, 1.54) is 0 Å². The van der Waals surface area contributed by atoms with Crippen molar-refractivity contribution < 1.29 is 89.5 Å². The predicted molar refractivity (Wildman–Crippen MR) is 302 cm³/mol. The molecule has 2 aromatic rings. The van der Waals surface area contributed by atoms with Gasteiger partial charge in [-0.3, -0.25) is 28.8 Å². The Morgan fingerprint density at radius 2 is 0.577 bits per heavy atom. The van der Waals surface area contributed by atoms with Gasteiger partial charge in [-0.05, 0) is 136 Å². The molecular formula is C41H56I6N6O18. The second-order valence-corrected chi connectivity index (χ2v) is 21.6. The highest BCUT2D eigenvalue weighted by Gasteiger charge is 2.41. The number of carbonyl (C=O) groups excluding carboxylic acids is 6. The van der Waals surface area contributed by atoms with Gasteiger partial charge in [0, 0.05) is 73.3 Å². The molecule has 0 atom stereocenters. The highest BCUT2D eigenvalue weighted by molar-refractivity contribution is 14.1. The Morgan fingerprint density at radius 3 is 0.732 bits per heavy atom. The number of amides is 6. The minimum absolute atomic E-state index is 0.0416. The number of halogens is 6. The van der Waals surface area contributed by atoms with Crippen LogP contribution in [0, 0.1) is 26.8 Å². The number of hydrogen-bond donors (Lipinski definition) is 10. The van der Waals surface area contributed by atoms with E-state index in [4.69, 9.17) is 9.68 Å². The maximum absolute atomic E-state index is 14.2. The van der Waals surface area contributed by atoms with Crippen LogP contribution in [0.3, 0.4) is 0 Å². The molecule has 0 spiro atoms. The van der Waals surface area contributed by atoms with Gasteiger partial charge in [0.1, 0.15) is 0 Å². The van der Waals surface area contributed by atoms with Crippen LogP contribution in [-0.4, -0.2) is 248 Å². The summed E-state index contributed by atoms with van der Waals surface area (Å²) >= 11 is 10.6. The van der Waals surface area contributed by atoms with E-state index in [0.717, 1.165) is 33.4 Å². The van der Waals surface area contributed by atoms with E-state index in [2.05, 4.69) is 0 Å². The van der Waals surface area contributed by atoms with Crippen LogP contribution in [0.5, 0.6) is 11.5 Å². The van der Waals surface area contributed by atoms with Gasteiger partial charge in [-0.2, -0.15) is 10.1 Å². The Bertz CT molecular complexity index is 1910. The summed E-state index contributed by atoms with van der Waals surface area (Å²) in [5.41, 5.74) is -2.50. The summed E-state index contributed by atoms with van der Waals surface area (Å²) in [5.74, 6) is -5.20. The molecule has 30 heteroatoms. The summed E-state index contributed by atoms with van der Waals surface area (Å²) in [6, 6.07) is 0. The Hall–Kier alpha value is -1.16. The van der Waals surface area contributed by atoms with Gasteiger partial charge in [0.05, 0.1) is 121 Å². The molecule has 6 amide bonds. The number of aliphatic hydroxyl groups excluding tert-OH is 10. The van der Waals surface area contributed by atoms with Gasteiger partial charge >= 0.3 is 0 Å². The fraction of sp³-hybridized carbons (Fsp3) is 0.561. The molecule has 0 aliphatic carbocycles. The number of hydrogen-bond acceptors (Lipinski definition) is 18. The molecule has 400 valence electrons. The molecule has 0 radical (unpaired) electrons. The Kier molecular flexibility index (Phi) is 30.1. The quantitative estimate of drug-likeness (QED) is 0.0331. The molecule has 0 aromatic heterocycles. The first-order chi connectivity index (χ1) is 33.6. The topological polar surface area (TPSA) is 343 Å². The molecule has 10 N–H and O–H groups in total. The number of nitrogens with zero attached hydrogens (tertiary/aromatic N) is 6. The van der Waals surface area contributed by atoms with Gasteiger partial charge in [0.15, 0.2) is 11.5 Å². The van der Waals surface area contributed by atoms with Gasteiger partial charge in [-0.15, -0.1) is 0 Å². The Morgan fingerprint density at radius 1 is 0.380 bits per heavy atom. The number of benzene rings is 2. The molecule has 24 nitrogen and oxygen atoms in total. The summed E-state index contributed by atoms with van der Waals surface area (Å²) in [4.78, 5) is 101. The second-order valence-electron chi connectivity index (χ2n) is 15.1. The van der Waals surface area contributed by atoms with Gasteiger partial charge in [0.2, 0.25) is 0 Å². The minimum Gasteiger partial charge on any atom is -0.396 e. The molecule has 0 unspecified atom stereocenters. The van der Waals surface area contributed by atoms with Crippen LogP contribution in [-0.2, 0) is 9.59 Å². The zero-order valence-corrected chi connectivity index (χ0v) is 51.3. The van der Waals surface area contributed by atoms with Crippen LogP contribution in [0.2, 0.25) is 0 Å². The van der Waals surface area contributed by atoms with Crippen molar-refractivity contribution >= 4 is 171 Å². The zero-order chi connectivity index (χ0) is 53.9. The lowest BCUT2D eigenvalue weighted by atomic mass is 9.89. The summed E-state index contributed by atoms with van der Waals surface area (Å²) in [7, 11) is 0. The summed E-state index contributed by atoms with van der Waals surface area (Å²) in [6.45, 7) is -7.01. The van der Waals surface area contributed by atoms with E-state index in [1.807, 2.05) is 0 Å². The first kappa shape index (κ1) is 66.0. The lowest BCUT2D eigenvalue weighted by molar-refractivity contribution is -0.178. The maximum atomic E-state index is 14.2. The fourth-order valence-corrected chi connectivity index (χ4v) is 15.2. The first-order valence-corrected chi connectivity index (χ1v) is 27.7. The summed E-state index contributed by atoms with van der Waals surface area (Å²) in [6.07, 6.45) is 0. The van der Waals surface area contributed by atoms with E-state index in [-0.39, 0.29) is 108 Å². The molecule has 0 fully saturated rings. The molecule has 2 aromatic carbocycles. The van der Waals surface area contributed by atoms with E-state index < -0.39 is 120 Å². The van der Waals surface area contributed by atoms with E-state index in [0.29, 0.717) is 10.1 Å². The third-order valence-corrected chi connectivity index (χ3v) is 16.5. The van der Waals surface area contributed by atoms with Crippen molar-refractivity contribution in [3.8, 4) is 11.5 Å². The van der Waals surface area contributed by atoms with Crippen LogP contribution in [0.25, 0.3) is 0 Å². The molecule has 0 heterocycles. The normalized spacial score (nSPS) is 11.3. The average Bonchev–Trinajstić information content (AvgIpc) is 3.32. The molecule has 0 aliphatic heterocycles. The Labute approximate surface area is 490 Å². The third kappa shape index (κ3) is 16.9. The van der Waals surface area contributed by atoms with Crippen molar-refractivity contribution in [2.75, 3.05) is 132 Å². The SMILES string of the molecule is CC(=O)N(CC(CO)(CO)CN(Oc1c(I)c(C(=O)N(CCO)CCO)c(I)c(C(=O)N(CCO)CCO)c1I)C(C)=O)Oc1c(I)c(C(=O)N(CCO)CCO)c(I)c(C(=O)N(CCO)CCO)c1I. The first-order valence-electron chi connectivity index (χ1n) is 21.2. The van der Waals surface area contributed by atoms with Crippen LogP contribution >= 0.6 is 136 Å². The van der Waals surface area contributed by atoms with Crippen molar-refractivity contribution in [1.82, 2.24) is 29.7 Å². The van der Waals surface area contributed by atoms with E-state index >= 15 is 0 Å². The monoisotopic (exact) mass is 1680 g/mol. The van der Waals surface area contributed by atoms with Crippen molar-refractivity contribution in [2.45, 2.75) is 13.8 Å². The van der Waals surface area contributed by atoms with Crippen LogP contribution in [0.15, 0.2) is 0 Å². The van der Waals surface area contributed by atoms with Crippen LogP contribution < -0.4 is 9.68 Å². The summed E-state index contributed by atoms with van der Waals surface area (Å²) in [5, 5.41) is 102. The van der Waals surface area contributed by atoms with Crippen molar-refractivity contribution in [2.24, 2.45) is 5.41 Å². The van der Waals surface area contributed by atoms with Gasteiger partial charge in [-0.1, -0.05) is 0 Å². The number of aliphatic hydroxyl groups is 10.